The lowest BCUT2D eigenvalue weighted by molar-refractivity contribution is -0.119. The summed E-state index contributed by atoms with van der Waals surface area (Å²) >= 11 is 5.98. The van der Waals surface area contributed by atoms with Crippen LogP contribution in [0.4, 0.5) is 5.69 Å². The zero-order valence-electron chi connectivity index (χ0n) is 11.1. The van der Waals surface area contributed by atoms with Gasteiger partial charge in [-0.2, -0.15) is 0 Å². The van der Waals surface area contributed by atoms with Gasteiger partial charge < -0.3 is 14.4 Å². The van der Waals surface area contributed by atoms with Gasteiger partial charge in [0, 0.05) is 0 Å². The third-order valence-corrected chi connectivity index (χ3v) is 3.10. The van der Waals surface area contributed by atoms with Gasteiger partial charge in [0.25, 0.3) is 0 Å². The van der Waals surface area contributed by atoms with Crippen molar-refractivity contribution in [1.82, 2.24) is 0 Å². The molecule has 1 aromatic rings. The quantitative estimate of drug-likeness (QED) is 0.571. The molecule has 0 unspecified atom stereocenters. The Morgan fingerprint density at radius 3 is 2.68 bits per heavy atom. The van der Waals surface area contributed by atoms with E-state index in [1.165, 1.54) is 4.90 Å². The number of hydrogen-bond donors (Lipinski definition) is 0. The van der Waals surface area contributed by atoms with E-state index in [-0.39, 0.29) is 12.5 Å². The topological polar surface area (TPSA) is 46.6 Å². The van der Waals surface area contributed by atoms with Crippen LogP contribution in [0.5, 0.6) is 5.75 Å². The van der Waals surface area contributed by atoms with Crippen LogP contribution < -0.4 is 9.64 Å². The molecule has 0 aliphatic carbocycles. The Balaban J connectivity index is 3.11. The Bertz CT molecular complexity index is 436. The van der Waals surface area contributed by atoms with Gasteiger partial charge in [0.1, 0.15) is 17.4 Å². The number of rotatable bonds is 7. The normalized spacial score (nSPS) is 11.7. The van der Waals surface area contributed by atoms with Crippen molar-refractivity contribution in [1.29, 1.82) is 0 Å². The first-order chi connectivity index (χ1) is 9.15. The van der Waals surface area contributed by atoms with Gasteiger partial charge in [0.05, 0.1) is 18.8 Å². The van der Waals surface area contributed by atoms with E-state index in [9.17, 15) is 9.59 Å². The molecular formula is C14H18ClNO3. The molecule has 19 heavy (non-hydrogen) atoms. The number of amides is 1. The highest BCUT2D eigenvalue weighted by Gasteiger charge is 2.24. The molecule has 4 nitrogen and oxygen atoms in total. The average molecular weight is 284 g/mol. The van der Waals surface area contributed by atoms with Crippen molar-refractivity contribution in [3.63, 3.8) is 0 Å². The van der Waals surface area contributed by atoms with Gasteiger partial charge in [0.15, 0.2) is 0 Å². The second kappa shape index (κ2) is 7.79. The van der Waals surface area contributed by atoms with E-state index in [1.807, 2.05) is 19.9 Å². The number of carbonyl (C=O) groups excluding carboxylic acids is 2. The first-order valence-corrected chi connectivity index (χ1v) is 6.70. The van der Waals surface area contributed by atoms with Crippen LogP contribution in [0.15, 0.2) is 24.3 Å². The molecule has 0 saturated heterocycles. The van der Waals surface area contributed by atoms with Gasteiger partial charge >= 0.3 is 0 Å². The fraction of sp³-hybridized carbons (Fsp3) is 0.429. The highest BCUT2D eigenvalue weighted by molar-refractivity contribution is 6.33. The van der Waals surface area contributed by atoms with E-state index in [1.54, 1.807) is 18.2 Å². The lowest BCUT2D eigenvalue weighted by atomic mass is 10.2. The van der Waals surface area contributed by atoms with Crippen molar-refractivity contribution in [3.05, 3.63) is 24.3 Å². The molecule has 0 aromatic heterocycles. The predicted octanol–water partition coefficient (Wildman–Crippen LogP) is 2.63. The number of hydrogen-bond acceptors (Lipinski definition) is 3. The number of carbonyl (C=O) groups is 2. The first-order valence-electron chi connectivity index (χ1n) is 6.26. The van der Waals surface area contributed by atoms with Crippen molar-refractivity contribution < 1.29 is 14.3 Å². The molecular weight excluding hydrogens is 266 g/mol. The van der Waals surface area contributed by atoms with Crippen molar-refractivity contribution in [3.8, 4) is 5.75 Å². The maximum absolute atomic E-state index is 12.2. The molecule has 0 bridgehead atoms. The molecule has 5 heteroatoms. The second-order valence-corrected chi connectivity index (χ2v) is 4.42. The summed E-state index contributed by atoms with van der Waals surface area (Å²) in [4.78, 5) is 24.4. The molecule has 1 rings (SSSR count). The van der Waals surface area contributed by atoms with Crippen molar-refractivity contribution >= 4 is 29.5 Å². The summed E-state index contributed by atoms with van der Waals surface area (Å²) in [6, 6.07) is 7.11. The summed E-state index contributed by atoms with van der Waals surface area (Å²) in [6.45, 7) is 4.13. The van der Waals surface area contributed by atoms with Gasteiger partial charge in [-0.05, 0) is 25.5 Å². The maximum Gasteiger partial charge on any atom is 0.245 e. The molecule has 1 aromatic carbocycles. The van der Waals surface area contributed by atoms with E-state index in [0.29, 0.717) is 30.8 Å². The summed E-state index contributed by atoms with van der Waals surface area (Å²) < 4.78 is 5.47. The Hall–Kier alpha value is -1.55. The van der Waals surface area contributed by atoms with Gasteiger partial charge in [0.2, 0.25) is 5.91 Å². The van der Waals surface area contributed by atoms with Crippen molar-refractivity contribution in [2.45, 2.75) is 25.6 Å². The number of nitrogens with zero attached hydrogens (tertiary/aromatic N) is 1. The van der Waals surface area contributed by atoms with Gasteiger partial charge in [-0.25, -0.2) is 0 Å². The number of anilines is 1. The average Bonchev–Trinajstić information content (AvgIpc) is 2.44. The Kier molecular flexibility index (Phi) is 6.36. The Labute approximate surface area is 118 Å². The zero-order chi connectivity index (χ0) is 14.3. The number of ether oxygens (including phenoxy) is 1. The lowest BCUT2D eigenvalue weighted by Gasteiger charge is -2.24. The summed E-state index contributed by atoms with van der Waals surface area (Å²) in [6.07, 6.45) is 1.19. The second-order valence-electron chi connectivity index (χ2n) is 3.89. The third-order valence-electron chi connectivity index (χ3n) is 2.61. The molecule has 104 valence electrons. The molecule has 0 saturated carbocycles. The molecule has 0 spiro atoms. The molecule has 0 aliphatic heterocycles. The zero-order valence-corrected chi connectivity index (χ0v) is 11.9. The molecule has 0 heterocycles. The molecule has 0 radical (unpaired) electrons. The largest absolute Gasteiger partial charge is 0.492 e. The molecule has 0 aliphatic rings. The summed E-state index contributed by atoms with van der Waals surface area (Å²) in [7, 11) is 0. The number of para-hydroxylation sites is 2. The fourth-order valence-corrected chi connectivity index (χ4v) is 1.80. The number of alkyl halides is 1. The van der Waals surface area contributed by atoms with E-state index in [0.717, 1.165) is 0 Å². The van der Waals surface area contributed by atoms with Crippen LogP contribution in [0, 0.1) is 0 Å². The minimum atomic E-state index is -0.644. The number of aldehydes is 1. The minimum Gasteiger partial charge on any atom is -0.492 e. The van der Waals surface area contributed by atoms with Gasteiger partial charge in [-0.1, -0.05) is 19.1 Å². The third kappa shape index (κ3) is 3.96. The standard InChI is InChI=1S/C14H18ClNO3/c1-3-11(15)14(18)16(9-10-17)12-7-5-6-8-13(12)19-4-2/h5-8,10-11H,3-4,9H2,1-2H3/t11-/m1/s1. The van der Waals surface area contributed by atoms with E-state index >= 15 is 0 Å². The summed E-state index contributed by atoms with van der Waals surface area (Å²) in [5, 5.41) is -0.644. The maximum atomic E-state index is 12.2. The molecule has 0 fully saturated rings. The highest BCUT2D eigenvalue weighted by Crippen LogP contribution is 2.29. The van der Waals surface area contributed by atoms with Crippen molar-refractivity contribution in [2.24, 2.45) is 0 Å². The molecule has 0 N–H and O–H groups in total. The van der Waals surface area contributed by atoms with Crippen LogP contribution in [-0.4, -0.2) is 30.7 Å². The summed E-state index contributed by atoms with van der Waals surface area (Å²) in [5.41, 5.74) is 0.570. The highest BCUT2D eigenvalue weighted by atomic mass is 35.5. The van der Waals surface area contributed by atoms with Crippen LogP contribution in [0.1, 0.15) is 20.3 Å². The summed E-state index contributed by atoms with van der Waals surface area (Å²) in [5.74, 6) is 0.281. The number of benzene rings is 1. The fourth-order valence-electron chi connectivity index (χ4n) is 1.68. The van der Waals surface area contributed by atoms with Crippen LogP contribution in [0.3, 0.4) is 0 Å². The SMILES string of the molecule is CCOc1ccccc1N(CC=O)C(=O)[C@H](Cl)CC. The number of halogens is 1. The monoisotopic (exact) mass is 283 g/mol. The molecule has 1 amide bonds. The Morgan fingerprint density at radius 2 is 2.11 bits per heavy atom. The van der Waals surface area contributed by atoms with Crippen LogP contribution >= 0.6 is 11.6 Å². The van der Waals surface area contributed by atoms with E-state index < -0.39 is 5.38 Å². The van der Waals surface area contributed by atoms with Crippen LogP contribution in [0.2, 0.25) is 0 Å². The van der Waals surface area contributed by atoms with E-state index in [4.69, 9.17) is 16.3 Å². The smallest absolute Gasteiger partial charge is 0.245 e. The first kappa shape index (κ1) is 15.5. The van der Waals surface area contributed by atoms with Gasteiger partial charge in [-0.3, -0.25) is 4.79 Å². The van der Waals surface area contributed by atoms with Crippen LogP contribution in [0.25, 0.3) is 0 Å². The minimum absolute atomic E-state index is 0.0356. The van der Waals surface area contributed by atoms with Crippen LogP contribution in [-0.2, 0) is 9.59 Å². The van der Waals surface area contributed by atoms with Crippen molar-refractivity contribution in [2.75, 3.05) is 18.1 Å². The predicted molar refractivity (Wildman–Crippen MR) is 76.0 cm³/mol. The Morgan fingerprint density at radius 1 is 1.42 bits per heavy atom. The lowest BCUT2D eigenvalue weighted by Crippen LogP contribution is -2.38. The van der Waals surface area contributed by atoms with E-state index in [2.05, 4.69) is 0 Å². The molecule has 1 atom stereocenters. The van der Waals surface area contributed by atoms with Gasteiger partial charge in [-0.15, -0.1) is 11.6 Å².